The minimum Gasteiger partial charge on any atom is -0.385 e. The van der Waals surface area contributed by atoms with Gasteiger partial charge in [-0.1, -0.05) is 13.8 Å². The highest BCUT2D eigenvalue weighted by molar-refractivity contribution is 6.18. The molecule has 3 heteroatoms. The van der Waals surface area contributed by atoms with E-state index >= 15 is 0 Å². The van der Waals surface area contributed by atoms with Gasteiger partial charge >= 0.3 is 0 Å². The molecule has 0 spiro atoms. The van der Waals surface area contributed by atoms with Crippen LogP contribution in [-0.2, 0) is 4.74 Å². The van der Waals surface area contributed by atoms with E-state index in [9.17, 15) is 0 Å². The summed E-state index contributed by atoms with van der Waals surface area (Å²) in [6, 6.07) is 0.471. The van der Waals surface area contributed by atoms with Gasteiger partial charge in [-0.25, -0.2) is 0 Å². The summed E-state index contributed by atoms with van der Waals surface area (Å²) in [4.78, 5) is 0. The molecule has 0 radical (unpaired) electrons. The second-order valence-electron chi connectivity index (χ2n) is 4.13. The molecule has 0 fully saturated rings. The highest BCUT2D eigenvalue weighted by Gasteiger charge is 2.07. The molecule has 0 aliphatic heterocycles. The summed E-state index contributed by atoms with van der Waals surface area (Å²) in [7, 11) is 1.74. The van der Waals surface area contributed by atoms with E-state index in [1.54, 1.807) is 7.11 Å². The molecule has 86 valence electrons. The van der Waals surface area contributed by atoms with E-state index in [2.05, 4.69) is 19.2 Å². The molecule has 1 N–H and O–H groups in total. The van der Waals surface area contributed by atoms with Gasteiger partial charge in [0.2, 0.25) is 0 Å². The van der Waals surface area contributed by atoms with Gasteiger partial charge in [-0.2, -0.15) is 0 Å². The molecule has 0 aliphatic rings. The molecule has 0 bridgehead atoms. The third-order valence-corrected chi connectivity index (χ3v) is 2.52. The van der Waals surface area contributed by atoms with Crippen LogP contribution in [0, 0.1) is 5.92 Å². The molecule has 0 rings (SSSR count). The highest BCUT2D eigenvalue weighted by atomic mass is 35.5. The fraction of sp³-hybridized carbons (Fsp3) is 1.00. The largest absolute Gasteiger partial charge is 0.385 e. The van der Waals surface area contributed by atoms with Crippen molar-refractivity contribution in [1.29, 1.82) is 0 Å². The molecule has 0 amide bonds. The Kier molecular flexibility index (Phi) is 9.90. The molecular formula is C11H24ClNO. The number of methoxy groups -OCH3 is 1. The molecule has 0 saturated carbocycles. The topological polar surface area (TPSA) is 21.3 Å². The van der Waals surface area contributed by atoms with E-state index in [4.69, 9.17) is 16.3 Å². The number of nitrogens with one attached hydrogen (secondary N) is 1. The fourth-order valence-electron chi connectivity index (χ4n) is 1.45. The number of hydrogen-bond donors (Lipinski definition) is 1. The molecule has 0 aromatic rings. The van der Waals surface area contributed by atoms with Crippen molar-refractivity contribution in [2.24, 2.45) is 5.92 Å². The minimum absolute atomic E-state index is 0.471. The van der Waals surface area contributed by atoms with Gasteiger partial charge in [0, 0.05) is 25.6 Å². The SMILES string of the molecule is COCCCCNC(CCl)CC(C)C. The van der Waals surface area contributed by atoms with Gasteiger partial charge in [0.15, 0.2) is 0 Å². The molecule has 2 nitrogen and oxygen atoms in total. The summed E-state index contributed by atoms with van der Waals surface area (Å²) in [5.41, 5.74) is 0. The van der Waals surface area contributed by atoms with E-state index < -0.39 is 0 Å². The molecular weight excluding hydrogens is 198 g/mol. The first-order chi connectivity index (χ1) is 6.70. The van der Waals surface area contributed by atoms with Gasteiger partial charge in [0.1, 0.15) is 0 Å². The maximum atomic E-state index is 5.86. The Hall–Kier alpha value is 0.210. The summed E-state index contributed by atoms with van der Waals surface area (Å²) in [5.74, 6) is 1.42. The first kappa shape index (κ1) is 14.2. The minimum atomic E-state index is 0.471. The molecule has 14 heavy (non-hydrogen) atoms. The van der Waals surface area contributed by atoms with E-state index in [0.29, 0.717) is 17.8 Å². The van der Waals surface area contributed by atoms with Crippen molar-refractivity contribution in [3.05, 3.63) is 0 Å². The molecule has 1 atom stereocenters. The molecule has 0 saturated heterocycles. The van der Waals surface area contributed by atoms with Crippen LogP contribution in [0.4, 0.5) is 0 Å². The summed E-state index contributed by atoms with van der Waals surface area (Å²) in [6.07, 6.45) is 3.45. The van der Waals surface area contributed by atoms with Gasteiger partial charge in [-0.15, -0.1) is 11.6 Å². The molecule has 1 unspecified atom stereocenters. The number of alkyl halides is 1. The van der Waals surface area contributed by atoms with Crippen molar-refractivity contribution in [1.82, 2.24) is 5.32 Å². The quantitative estimate of drug-likeness (QED) is 0.478. The highest BCUT2D eigenvalue weighted by Crippen LogP contribution is 2.06. The molecule has 0 heterocycles. The standard InChI is InChI=1S/C11H24ClNO/c1-10(2)8-11(9-12)13-6-4-5-7-14-3/h10-11,13H,4-9H2,1-3H3. The average Bonchev–Trinajstić information content (AvgIpc) is 2.15. The van der Waals surface area contributed by atoms with Crippen molar-refractivity contribution in [2.45, 2.75) is 39.2 Å². The van der Waals surface area contributed by atoms with Gasteiger partial charge in [0.05, 0.1) is 0 Å². The number of ether oxygens (including phenoxy) is 1. The first-order valence-electron chi connectivity index (χ1n) is 5.49. The van der Waals surface area contributed by atoms with Crippen LogP contribution in [0.5, 0.6) is 0 Å². The predicted molar refractivity (Wildman–Crippen MR) is 63.1 cm³/mol. The lowest BCUT2D eigenvalue weighted by Gasteiger charge is -2.17. The lowest BCUT2D eigenvalue weighted by molar-refractivity contribution is 0.192. The van der Waals surface area contributed by atoms with Crippen molar-refractivity contribution < 1.29 is 4.74 Å². The van der Waals surface area contributed by atoms with Crippen LogP contribution in [0.15, 0.2) is 0 Å². The average molecular weight is 222 g/mol. The monoisotopic (exact) mass is 221 g/mol. The van der Waals surface area contributed by atoms with Crippen LogP contribution < -0.4 is 5.32 Å². The predicted octanol–water partition coefficient (Wildman–Crippen LogP) is 2.66. The van der Waals surface area contributed by atoms with E-state index in [-0.39, 0.29) is 0 Å². The number of rotatable bonds is 9. The Balaban J connectivity index is 3.33. The Morgan fingerprint density at radius 3 is 2.50 bits per heavy atom. The lowest BCUT2D eigenvalue weighted by atomic mass is 10.1. The summed E-state index contributed by atoms with van der Waals surface area (Å²) >= 11 is 5.86. The fourth-order valence-corrected chi connectivity index (χ4v) is 1.68. The van der Waals surface area contributed by atoms with Crippen LogP contribution in [0.1, 0.15) is 33.1 Å². The van der Waals surface area contributed by atoms with Crippen LogP contribution in [0.25, 0.3) is 0 Å². The molecule has 0 aromatic carbocycles. The normalized spacial score (nSPS) is 13.5. The number of unbranched alkanes of at least 4 members (excludes halogenated alkanes) is 1. The van der Waals surface area contributed by atoms with Crippen LogP contribution in [0.3, 0.4) is 0 Å². The number of halogens is 1. The number of hydrogen-bond acceptors (Lipinski definition) is 2. The van der Waals surface area contributed by atoms with Gasteiger partial charge in [0.25, 0.3) is 0 Å². The van der Waals surface area contributed by atoms with Crippen molar-refractivity contribution in [3.8, 4) is 0 Å². The summed E-state index contributed by atoms with van der Waals surface area (Å²) in [5, 5.41) is 3.47. The van der Waals surface area contributed by atoms with Gasteiger partial charge in [-0.05, 0) is 31.7 Å². The second-order valence-corrected chi connectivity index (χ2v) is 4.44. The van der Waals surface area contributed by atoms with Crippen molar-refractivity contribution >= 4 is 11.6 Å². The first-order valence-corrected chi connectivity index (χ1v) is 6.02. The Morgan fingerprint density at radius 1 is 1.29 bits per heavy atom. The van der Waals surface area contributed by atoms with Crippen molar-refractivity contribution in [3.63, 3.8) is 0 Å². The van der Waals surface area contributed by atoms with Crippen molar-refractivity contribution in [2.75, 3.05) is 26.1 Å². The zero-order chi connectivity index (χ0) is 10.8. The van der Waals surface area contributed by atoms with Gasteiger partial charge in [-0.3, -0.25) is 0 Å². The van der Waals surface area contributed by atoms with Crippen LogP contribution in [0.2, 0.25) is 0 Å². The van der Waals surface area contributed by atoms with Crippen LogP contribution in [-0.4, -0.2) is 32.2 Å². The van der Waals surface area contributed by atoms with E-state index in [0.717, 1.165) is 26.0 Å². The van der Waals surface area contributed by atoms with Gasteiger partial charge < -0.3 is 10.1 Å². The van der Waals surface area contributed by atoms with E-state index in [1.807, 2.05) is 0 Å². The molecule has 0 aliphatic carbocycles. The zero-order valence-corrected chi connectivity index (χ0v) is 10.4. The Labute approximate surface area is 93.4 Å². The Morgan fingerprint density at radius 2 is 2.00 bits per heavy atom. The molecule has 0 aromatic heterocycles. The maximum absolute atomic E-state index is 5.86. The van der Waals surface area contributed by atoms with E-state index in [1.165, 1.54) is 6.42 Å². The Bertz CT molecular complexity index is 120. The second kappa shape index (κ2) is 9.75. The third-order valence-electron chi connectivity index (χ3n) is 2.15. The lowest BCUT2D eigenvalue weighted by Crippen LogP contribution is -2.32. The maximum Gasteiger partial charge on any atom is 0.0462 e. The zero-order valence-electron chi connectivity index (χ0n) is 9.68. The third kappa shape index (κ3) is 8.79. The summed E-state index contributed by atoms with van der Waals surface area (Å²) in [6.45, 7) is 6.36. The smallest absolute Gasteiger partial charge is 0.0462 e. The summed E-state index contributed by atoms with van der Waals surface area (Å²) < 4.78 is 4.99. The van der Waals surface area contributed by atoms with Crippen LogP contribution >= 0.6 is 11.6 Å².